The summed E-state index contributed by atoms with van der Waals surface area (Å²) in [5, 5.41) is 11.0. The van der Waals surface area contributed by atoms with Gasteiger partial charge in [0.2, 0.25) is 0 Å². The first-order valence-corrected chi connectivity index (χ1v) is 10.1. The first-order chi connectivity index (χ1) is 14.8. The zero-order chi connectivity index (χ0) is 22.7. The van der Waals surface area contributed by atoms with E-state index in [0.29, 0.717) is 11.3 Å². The number of nitrogens with zero attached hydrogens (tertiary/aromatic N) is 1. The van der Waals surface area contributed by atoms with E-state index < -0.39 is 23.5 Å². The zero-order valence-corrected chi connectivity index (χ0v) is 18.0. The molecule has 31 heavy (non-hydrogen) atoms. The number of hydrogen-bond acceptors (Lipinski definition) is 5. The molecule has 1 atom stereocenters. The van der Waals surface area contributed by atoms with Gasteiger partial charge in [-0.3, -0.25) is 9.59 Å². The van der Waals surface area contributed by atoms with E-state index in [9.17, 15) is 19.1 Å². The molecule has 3 rings (SSSR count). The third-order valence-electron chi connectivity index (χ3n) is 5.19. The van der Waals surface area contributed by atoms with Crippen LogP contribution in [0.2, 0.25) is 0 Å². The van der Waals surface area contributed by atoms with E-state index in [-0.39, 0.29) is 36.2 Å². The monoisotopic (exact) mass is 427 g/mol. The van der Waals surface area contributed by atoms with Gasteiger partial charge in [0.15, 0.2) is 0 Å². The smallest absolute Gasteiger partial charge is 0.295 e. The predicted molar refractivity (Wildman–Crippen MR) is 114 cm³/mol. The molecule has 6 nitrogen and oxygen atoms in total. The van der Waals surface area contributed by atoms with Crippen LogP contribution in [-0.2, 0) is 14.3 Å². The van der Waals surface area contributed by atoms with Gasteiger partial charge in [-0.05, 0) is 50.6 Å². The molecule has 0 aromatic heterocycles. The van der Waals surface area contributed by atoms with Crippen LogP contribution in [0.3, 0.4) is 0 Å². The second-order valence-corrected chi connectivity index (χ2v) is 7.62. The minimum atomic E-state index is -1.06. The number of ether oxygens (including phenoxy) is 2. The summed E-state index contributed by atoms with van der Waals surface area (Å²) in [6, 6.07) is 9.78. The molecule has 1 aliphatic heterocycles. The van der Waals surface area contributed by atoms with E-state index in [4.69, 9.17) is 9.47 Å². The van der Waals surface area contributed by atoms with Crippen LogP contribution in [0.25, 0.3) is 5.76 Å². The number of aliphatic hydroxyl groups is 1. The zero-order valence-electron chi connectivity index (χ0n) is 18.0. The van der Waals surface area contributed by atoms with Crippen molar-refractivity contribution in [1.29, 1.82) is 0 Å². The molecule has 0 bridgehead atoms. The highest BCUT2D eigenvalue weighted by molar-refractivity contribution is 6.46. The molecule has 2 aromatic rings. The molecule has 1 unspecified atom stereocenters. The van der Waals surface area contributed by atoms with Gasteiger partial charge in [-0.2, -0.15) is 0 Å². The number of methoxy groups -OCH3 is 1. The summed E-state index contributed by atoms with van der Waals surface area (Å²) in [5.74, 6) is -1.96. The maximum Gasteiger partial charge on any atom is 0.295 e. The van der Waals surface area contributed by atoms with Gasteiger partial charge in [0.05, 0.1) is 31.4 Å². The molecule has 1 N–H and O–H groups in total. The number of carbonyl (C=O) groups excluding carboxylic acids is 2. The Morgan fingerprint density at radius 2 is 1.90 bits per heavy atom. The Hall–Kier alpha value is -3.19. The molecule has 0 radical (unpaired) electrons. The molecular weight excluding hydrogens is 401 g/mol. The number of hydrogen-bond donors (Lipinski definition) is 1. The summed E-state index contributed by atoms with van der Waals surface area (Å²) >= 11 is 0. The molecule has 1 amide bonds. The lowest BCUT2D eigenvalue weighted by Crippen LogP contribution is -2.33. The summed E-state index contributed by atoms with van der Waals surface area (Å²) in [6.45, 7) is 5.77. The Morgan fingerprint density at radius 3 is 2.52 bits per heavy atom. The fraction of sp³-hybridized carbons (Fsp3) is 0.333. The van der Waals surface area contributed by atoms with E-state index >= 15 is 0 Å². The number of aliphatic hydroxyl groups excluding tert-OH is 1. The molecule has 1 saturated heterocycles. The van der Waals surface area contributed by atoms with Gasteiger partial charge in [-0.25, -0.2) is 4.39 Å². The summed E-state index contributed by atoms with van der Waals surface area (Å²) < 4.78 is 25.5. The fourth-order valence-corrected chi connectivity index (χ4v) is 3.70. The summed E-state index contributed by atoms with van der Waals surface area (Å²) in [5.41, 5.74) is 1.08. The lowest BCUT2D eigenvalue weighted by molar-refractivity contribution is -0.140. The highest BCUT2D eigenvalue weighted by Crippen LogP contribution is 2.40. The van der Waals surface area contributed by atoms with Gasteiger partial charge in [-0.1, -0.05) is 18.2 Å². The number of aryl methyl sites for hydroxylation is 1. The van der Waals surface area contributed by atoms with Gasteiger partial charge in [0.1, 0.15) is 17.3 Å². The molecule has 164 valence electrons. The van der Waals surface area contributed by atoms with Gasteiger partial charge in [-0.15, -0.1) is 0 Å². The molecule has 0 aliphatic carbocycles. The van der Waals surface area contributed by atoms with Crippen LogP contribution in [0.5, 0.6) is 5.75 Å². The molecule has 2 aromatic carbocycles. The van der Waals surface area contributed by atoms with Crippen LogP contribution in [0, 0.1) is 12.7 Å². The Kier molecular flexibility index (Phi) is 6.75. The average Bonchev–Trinajstić information content (AvgIpc) is 2.98. The molecule has 1 fully saturated rings. The number of ketones is 1. The van der Waals surface area contributed by atoms with Crippen LogP contribution in [0.4, 0.5) is 4.39 Å². The van der Waals surface area contributed by atoms with Gasteiger partial charge in [0, 0.05) is 17.7 Å². The van der Waals surface area contributed by atoms with Crippen LogP contribution in [0.15, 0.2) is 48.0 Å². The van der Waals surface area contributed by atoms with Crippen molar-refractivity contribution in [3.05, 3.63) is 70.5 Å². The lowest BCUT2D eigenvalue weighted by atomic mass is 9.94. The van der Waals surface area contributed by atoms with Crippen molar-refractivity contribution >= 4 is 17.4 Å². The normalized spacial score (nSPS) is 18.1. The SMILES string of the molecule is COc1ccc(/C(O)=C2\C(=O)C(=O)N(CCOC(C)C)C2c2ccccc2F)cc1C. The Labute approximate surface area is 180 Å². The number of likely N-dealkylation sites (tertiary alicyclic amines) is 1. The molecule has 0 spiro atoms. The van der Waals surface area contributed by atoms with Crippen molar-refractivity contribution in [2.24, 2.45) is 0 Å². The Bertz CT molecular complexity index is 1030. The van der Waals surface area contributed by atoms with E-state index in [1.807, 2.05) is 13.8 Å². The Morgan fingerprint density at radius 1 is 1.19 bits per heavy atom. The standard InChI is InChI=1S/C24H26FNO5/c1-14(2)31-12-11-26-21(17-7-5-6-8-18(17)25)20(23(28)24(26)29)22(27)16-9-10-19(30-4)15(3)13-16/h5-10,13-14,21,27H,11-12H2,1-4H3/b22-20+. The van der Waals surface area contributed by atoms with Crippen molar-refractivity contribution in [2.75, 3.05) is 20.3 Å². The third-order valence-corrected chi connectivity index (χ3v) is 5.19. The minimum absolute atomic E-state index is 0.0639. The lowest BCUT2D eigenvalue weighted by Gasteiger charge is -2.26. The molecule has 1 heterocycles. The number of benzene rings is 2. The van der Waals surface area contributed by atoms with Crippen LogP contribution < -0.4 is 4.74 Å². The second-order valence-electron chi connectivity index (χ2n) is 7.62. The number of carbonyl (C=O) groups is 2. The Balaban J connectivity index is 2.13. The number of rotatable bonds is 7. The molecule has 7 heteroatoms. The van der Waals surface area contributed by atoms with Crippen LogP contribution in [0.1, 0.15) is 36.6 Å². The summed E-state index contributed by atoms with van der Waals surface area (Å²) in [6.07, 6.45) is -0.0639. The van der Waals surface area contributed by atoms with Gasteiger partial charge < -0.3 is 19.5 Å². The second kappa shape index (κ2) is 9.31. The van der Waals surface area contributed by atoms with Gasteiger partial charge >= 0.3 is 0 Å². The predicted octanol–water partition coefficient (Wildman–Crippen LogP) is 3.99. The van der Waals surface area contributed by atoms with Crippen LogP contribution in [-0.4, -0.2) is 48.1 Å². The van der Waals surface area contributed by atoms with Crippen molar-refractivity contribution in [2.45, 2.75) is 32.9 Å². The largest absolute Gasteiger partial charge is 0.507 e. The third kappa shape index (κ3) is 4.46. The van der Waals surface area contributed by atoms with Crippen molar-refractivity contribution in [1.82, 2.24) is 4.90 Å². The van der Waals surface area contributed by atoms with Crippen molar-refractivity contribution in [3.63, 3.8) is 0 Å². The minimum Gasteiger partial charge on any atom is -0.507 e. The maximum atomic E-state index is 14.7. The maximum absolute atomic E-state index is 14.7. The van der Waals surface area contributed by atoms with E-state index in [1.54, 1.807) is 31.2 Å². The number of Topliss-reactive ketones (excluding diaryl/α,β-unsaturated/α-hetero) is 1. The topological polar surface area (TPSA) is 76.1 Å². The number of amides is 1. The number of halogens is 1. The first kappa shape index (κ1) is 22.5. The first-order valence-electron chi connectivity index (χ1n) is 10.1. The summed E-state index contributed by atoms with van der Waals surface area (Å²) in [4.78, 5) is 27.0. The highest BCUT2D eigenvalue weighted by atomic mass is 19.1. The van der Waals surface area contributed by atoms with E-state index in [1.165, 1.54) is 30.2 Å². The highest BCUT2D eigenvalue weighted by Gasteiger charge is 2.46. The van der Waals surface area contributed by atoms with Gasteiger partial charge in [0.25, 0.3) is 11.7 Å². The molecular formula is C24H26FNO5. The molecule has 0 saturated carbocycles. The van der Waals surface area contributed by atoms with E-state index in [0.717, 1.165) is 5.56 Å². The van der Waals surface area contributed by atoms with Crippen LogP contribution >= 0.6 is 0 Å². The van der Waals surface area contributed by atoms with Crippen molar-refractivity contribution in [3.8, 4) is 5.75 Å². The average molecular weight is 427 g/mol. The quantitative estimate of drug-likeness (QED) is 0.411. The summed E-state index contributed by atoms with van der Waals surface area (Å²) in [7, 11) is 1.53. The van der Waals surface area contributed by atoms with Crippen molar-refractivity contribution < 1.29 is 28.6 Å². The van der Waals surface area contributed by atoms with E-state index in [2.05, 4.69) is 0 Å². The fourth-order valence-electron chi connectivity index (χ4n) is 3.70. The molecule has 1 aliphatic rings.